The molecule has 1 saturated carbocycles. The number of nitrogens with one attached hydrogen (secondary N) is 1. The molecule has 2 rings (SSSR count). The number of carbonyl (C=O) groups excluding carboxylic acids is 1. The maximum atomic E-state index is 11.7. The highest BCUT2D eigenvalue weighted by molar-refractivity contribution is 5.81. The first-order valence-corrected chi connectivity index (χ1v) is 5.54. The van der Waals surface area contributed by atoms with Crippen molar-refractivity contribution in [2.24, 2.45) is 17.8 Å². The van der Waals surface area contributed by atoms with Gasteiger partial charge in [0.25, 0.3) is 0 Å². The van der Waals surface area contributed by atoms with Gasteiger partial charge in [0.2, 0.25) is 0 Å². The Morgan fingerprint density at radius 2 is 1.92 bits per heavy atom. The minimum Gasteiger partial charge on any atom is -0.316 e. The van der Waals surface area contributed by atoms with E-state index in [1.165, 1.54) is 0 Å². The predicted octanol–water partition coefficient (Wildman–Crippen LogP) is 1.60. The highest BCUT2D eigenvalue weighted by Crippen LogP contribution is 2.39. The molecular formula is C11H19NO. The van der Waals surface area contributed by atoms with Crippen LogP contribution in [0.15, 0.2) is 0 Å². The Morgan fingerprint density at radius 3 is 2.46 bits per heavy atom. The maximum Gasteiger partial charge on any atom is 0.135 e. The summed E-state index contributed by atoms with van der Waals surface area (Å²) in [6.45, 7) is 4.40. The van der Waals surface area contributed by atoms with Crippen molar-refractivity contribution in [3.63, 3.8) is 0 Å². The summed E-state index contributed by atoms with van der Waals surface area (Å²) in [5.41, 5.74) is 0. The molecule has 0 aromatic rings. The third kappa shape index (κ3) is 1.78. The summed E-state index contributed by atoms with van der Waals surface area (Å²) >= 11 is 0. The van der Waals surface area contributed by atoms with E-state index in [4.69, 9.17) is 0 Å². The van der Waals surface area contributed by atoms with Crippen molar-refractivity contribution in [1.29, 1.82) is 0 Å². The van der Waals surface area contributed by atoms with Gasteiger partial charge in [-0.3, -0.25) is 4.79 Å². The third-order valence-electron chi connectivity index (χ3n) is 3.61. The van der Waals surface area contributed by atoms with Crippen LogP contribution in [0, 0.1) is 17.8 Å². The standard InChI is InChI=1S/C11H19NO/c1-2-3-11(13)8-4-9-6-12-7-10(9)5-8/h8-10,12H,2-7H2,1H3. The van der Waals surface area contributed by atoms with E-state index < -0.39 is 0 Å². The van der Waals surface area contributed by atoms with Gasteiger partial charge < -0.3 is 5.32 Å². The molecule has 1 aliphatic heterocycles. The number of hydrogen-bond donors (Lipinski definition) is 1. The molecule has 1 saturated heterocycles. The molecule has 2 fully saturated rings. The molecule has 2 nitrogen and oxygen atoms in total. The van der Waals surface area contributed by atoms with Gasteiger partial charge in [0.15, 0.2) is 0 Å². The molecule has 2 aliphatic rings. The van der Waals surface area contributed by atoms with Gasteiger partial charge in [-0.2, -0.15) is 0 Å². The molecule has 13 heavy (non-hydrogen) atoms. The van der Waals surface area contributed by atoms with Gasteiger partial charge in [-0.15, -0.1) is 0 Å². The van der Waals surface area contributed by atoms with Crippen molar-refractivity contribution in [2.45, 2.75) is 32.6 Å². The number of Topliss-reactive ketones (excluding diaryl/α,β-unsaturated/α-hetero) is 1. The quantitative estimate of drug-likeness (QED) is 0.716. The van der Waals surface area contributed by atoms with E-state index in [-0.39, 0.29) is 0 Å². The van der Waals surface area contributed by atoms with Crippen molar-refractivity contribution in [2.75, 3.05) is 13.1 Å². The monoisotopic (exact) mass is 181 g/mol. The maximum absolute atomic E-state index is 11.7. The lowest BCUT2D eigenvalue weighted by Gasteiger charge is -2.08. The fraction of sp³-hybridized carbons (Fsp3) is 0.909. The van der Waals surface area contributed by atoms with Crippen LogP contribution in [0.1, 0.15) is 32.6 Å². The van der Waals surface area contributed by atoms with Crippen molar-refractivity contribution in [3.05, 3.63) is 0 Å². The van der Waals surface area contributed by atoms with Crippen LogP contribution in [-0.2, 0) is 4.79 Å². The van der Waals surface area contributed by atoms with Crippen LogP contribution in [0.2, 0.25) is 0 Å². The van der Waals surface area contributed by atoms with Gasteiger partial charge in [-0.1, -0.05) is 6.92 Å². The first-order chi connectivity index (χ1) is 6.31. The van der Waals surface area contributed by atoms with E-state index in [0.29, 0.717) is 11.7 Å². The number of rotatable bonds is 3. The lowest BCUT2D eigenvalue weighted by Crippen LogP contribution is -2.16. The van der Waals surface area contributed by atoms with Crippen LogP contribution >= 0.6 is 0 Å². The smallest absolute Gasteiger partial charge is 0.135 e. The Bertz CT molecular complexity index is 190. The van der Waals surface area contributed by atoms with Gasteiger partial charge in [0.05, 0.1) is 0 Å². The first-order valence-electron chi connectivity index (χ1n) is 5.54. The van der Waals surface area contributed by atoms with E-state index >= 15 is 0 Å². The second-order valence-electron chi connectivity index (χ2n) is 4.56. The Balaban J connectivity index is 1.87. The van der Waals surface area contributed by atoms with Gasteiger partial charge in [0, 0.05) is 12.3 Å². The summed E-state index contributed by atoms with van der Waals surface area (Å²) in [5, 5.41) is 3.40. The SMILES string of the molecule is CCCC(=O)C1CC2CNCC2C1. The number of fused-ring (bicyclic) bond motifs is 1. The molecule has 1 heterocycles. The molecule has 2 heteroatoms. The highest BCUT2D eigenvalue weighted by Gasteiger charge is 2.39. The van der Waals surface area contributed by atoms with Crippen molar-refractivity contribution >= 4 is 5.78 Å². The van der Waals surface area contributed by atoms with Crippen molar-refractivity contribution in [3.8, 4) is 0 Å². The Kier molecular flexibility index (Phi) is 2.68. The Hall–Kier alpha value is -0.370. The summed E-state index contributed by atoms with van der Waals surface area (Å²) in [6.07, 6.45) is 4.15. The molecule has 0 radical (unpaired) electrons. The minimum absolute atomic E-state index is 0.414. The summed E-state index contributed by atoms with van der Waals surface area (Å²) in [7, 11) is 0. The van der Waals surface area contributed by atoms with Gasteiger partial charge in [0.1, 0.15) is 5.78 Å². The van der Waals surface area contributed by atoms with Crippen molar-refractivity contribution < 1.29 is 4.79 Å². The minimum atomic E-state index is 0.414. The van der Waals surface area contributed by atoms with Gasteiger partial charge in [-0.25, -0.2) is 0 Å². The molecular weight excluding hydrogens is 162 g/mol. The van der Waals surface area contributed by atoms with E-state index in [0.717, 1.165) is 50.6 Å². The summed E-state index contributed by atoms with van der Waals surface area (Å²) < 4.78 is 0. The zero-order valence-electron chi connectivity index (χ0n) is 8.38. The number of carbonyl (C=O) groups is 1. The second-order valence-corrected chi connectivity index (χ2v) is 4.56. The summed E-state index contributed by atoms with van der Waals surface area (Å²) in [4.78, 5) is 11.7. The molecule has 0 aromatic heterocycles. The molecule has 74 valence electrons. The average molecular weight is 181 g/mol. The second kappa shape index (κ2) is 3.79. The van der Waals surface area contributed by atoms with Crippen molar-refractivity contribution in [1.82, 2.24) is 5.32 Å². The van der Waals surface area contributed by atoms with Crippen LogP contribution in [0.25, 0.3) is 0 Å². The van der Waals surface area contributed by atoms with Crippen LogP contribution in [0.5, 0.6) is 0 Å². The average Bonchev–Trinajstić information content (AvgIpc) is 2.61. The topological polar surface area (TPSA) is 29.1 Å². The number of ketones is 1. The zero-order chi connectivity index (χ0) is 9.26. The molecule has 2 atom stereocenters. The Labute approximate surface area is 80.1 Å². The molecule has 2 unspecified atom stereocenters. The Morgan fingerprint density at radius 1 is 1.31 bits per heavy atom. The normalized spacial score (nSPS) is 37.8. The first kappa shape index (κ1) is 9.20. The van der Waals surface area contributed by atoms with Gasteiger partial charge in [-0.05, 0) is 44.2 Å². The molecule has 0 aromatic carbocycles. The van der Waals surface area contributed by atoms with E-state index in [2.05, 4.69) is 12.2 Å². The molecule has 0 bridgehead atoms. The van der Waals surface area contributed by atoms with E-state index in [1.807, 2.05) is 0 Å². The van der Waals surface area contributed by atoms with Crippen LogP contribution in [0.3, 0.4) is 0 Å². The fourth-order valence-electron chi connectivity index (χ4n) is 2.88. The van der Waals surface area contributed by atoms with Crippen LogP contribution in [0.4, 0.5) is 0 Å². The fourth-order valence-corrected chi connectivity index (χ4v) is 2.88. The lowest BCUT2D eigenvalue weighted by molar-refractivity contribution is -0.122. The summed E-state index contributed by atoms with van der Waals surface area (Å²) in [5.74, 6) is 2.56. The van der Waals surface area contributed by atoms with E-state index in [9.17, 15) is 4.79 Å². The predicted molar refractivity (Wildman–Crippen MR) is 52.5 cm³/mol. The lowest BCUT2D eigenvalue weighted by atomic mass is 9.97. The molecule has 1 N–H and O–H groups in total. The molecule has 0 amide bonds. The van der Waals surface area contributed by atoms with E-state index in [1.54, 1.807) is 0 Å². The van der Waals surface area contributed by atoms with Crippen LogP contribution in [-0.4, -0.2) is 18.9 Å². The summed E-state index contributed by atoms with van der Waals surface area (Å²) in [6, 6.07) is 0. The molecule has 1 aliphatic carbocycles. The highest BCUT2D eigenvalue weighted by atomic mass is 16.1. The van der Waals surface area contributed by atoms with Gasteiger partial charge >= 0.3 is 0 Å². The van der Waals surface area contributed by atoms with Crippen LogP contribution < -0.4 is 5.32 Å². The molecule has 0 spiro atoms. The third-order valence-corrected chi connectivity index (χ3v) is 3.61. The number of hydrogen-bond acceptors (Lipinski definition) is 2. The largest absolute Gasteiger partial charge is 0.316 e. The zero-order valence-corrected chi connectivity index (χ0v) is 8.38.